The normalized spacial score (nSPS) is 17.5. The summed E-state index contributed by atoms with van der Waals surface area (Å²) in [6, 6.07) is 4.15. The predicted octanol–water partition coefficient (Wildman–Crippen LogP) is 1.84. The molecule has 1 saturated heterocycles. The highest BCUT2D eigenvalue weighted by Crippen LogP contribution is 2.31. The van der Waals surface area contributed by atoms with Crippen LogP contribution in [-0.2, 0) is 9.53 Å². The molecule has 1 atom stereocenters. The van der Waals surface area contributed by atoms with Crippen molar-refractivity contribution >= 4 is 17.6 Å². The molecule has 21 heavy (non-hydrogen) atoms. The second-order valence-electron chi connectivity index (χ2n) is 4.68. The number of methoxy groups -OCH3 is 1. The molecule has 1 unspecified atom stereocenters. The van der Waals surface area contributed by atoms with E-state index in [1.165, 1.54) is 30.2 Å². The minimum Gasteiger partial charge on any atom is -0.508 e. The molecule has 2 rings (SSSR count). The maximum absolute atomic E-state index is 12.1. The van der Waals surface area contributed by atoms with Crippen LogP contribution in [0.1, 0.15) is 16.8 Å². The van der Waals surface area contributed by atoms with Gasteiger partial charge in [-0.05, 0) is 29.6 Å². The van der Waals surface area contributed by atoms with Crippen molar-refractivity contribution in [3.8, 4) is 5.75 Å². The van der Waals surface area contributed by atoms with Gasteiger partial charge in [-0.2, -0.15) is 0 Å². The molecule has 0 spiro atoms. The number of esters is 1. The maximum Gasteiger partial charge on any atom is 0.340 e. The second-order valence-corrected chi connectivity index (χ2v) is 4.68. The van der Waals surface area contributed by atoms with Crippen molar-refractivity contribution in [1.29, 1.82) is 0 Å². The fourth-order valence-corrected chi connectivity index (χ4v) is 2.32. The van der Waals surface area contributed by atoms with Crippen LogP contribution in [0.5, 0.6) is 5.75 Å². The van der Waals surface area contributed by atoms with E-state index in [0.717, 1.165) is 0 Å². The Hall–Kier alpha value is -2.73. The lowest BCUT2D eigenvalue weighted by molar-refractivity contribution is -0.117. The molecule has 8 nitrogen and oxygen atoms in total. The van der Waals surface area contributed by atoms with Crippen molar-refractivity contribution in [3.05, 3.63) is 34.2 Å². The number of amides is 1. The third-order valence-electron chi connectivity index (χ3n) is 3.28. The third kappa shape index (κ3) is 3.06. The monoisotopic (exact) mass is 290 g/mol. The van der Waals surface area contributed by atoms with Crippen LogP contribution in [0.15, 0.2) is 23.3 Å². The molecule has 110 valence electrons. The highest BCUT2D eigenvalue weighted by atomic mass is 16.5. The van der Waals surface area contributed by atoms with Gasteiger partial charge in [-0.1, -0.05) is 5.11 Å². The van der Waals surface area contributed by atoms with Gasteiger partial charge in [0.2, 0.25) is 5.91 Å². The number of carbonyl (C=O) groups is 2. The zero-order chi connectivity index (χ0) is 15.4. The first-order valence-corrected chi connectivity index (χ1v) is 6.29. The van der Waals surface area contributed by atoms with Crippen LogP contribution in [-0.4, -0.2) is 37.2 Å². The molecular formula is C13H14N4O4. The van der Waals surface area contributed by atoms with Crippen LogP contribution in [0.4, 0.5) is 5.69 Å². The van der Waals surface area contributed by atoms with Crippen LogP contribution < -0.4 is 4.90 Å². The summed E-state index contributed by atoms with van der Waals surface area (Å²) < 4.78 is 4.66. The lowest BCUT2D eigenvalue weighted by Gasteiger charge is -2.19. The number of phenolic OH excluding ortho intramolecular Hbond substituents is 1. The summed E-state index contributed by atoms with van der Waals surface area (Å²) in [4.78, 5) is 28.0. The van der Waals surface area contributed by atoms with Crippen LogP contribution in [0, 0.1) is 5.92 Å². The summed E-state index contributed by atoms with van der Waals surface area (Å²) >= 11 is 0. The Balaban J connectivity index is 2.31. The Morgan fingerprint density at radius 2 is 2.38 bits per heavy atom. The Kier molecular flexibility index (Phi) is 4.30. The first-order chi connectivity index (χ1) is 10.1. The molecule has 0 aromatic heterocycles. The number of ether oxygens (including phenoxy) is 1. The Labute approximate surface area is 120 Å². The average molecular weight is 290 g/mol. The standard InChI is InChI=1S/C13H14N4O4/c1-21-13(20)10-5-9(18)2-3-11(10)17-7-8(4-12(17)19)6-15-16-14/h2-3,5,8,18H,4,6-7H2,1H3. The van der Waals surface area contributed by atoms with E-state index in [-0.39, 0.29) is 36.1 Å². The lowest BCUT2D eigenvalue weighted by atomic mass is 10.1. The van der Waals surface area contributed by atoms with E-state index in [0.29, 0.717) is 12.2 Å². The predicted molar refractivity (Wildman–Crippen MR) is 73.9 cm³/mol. The zero-order valence-electron chi connectivity index (χ0n) is 11.4. The molecule has 1 aromatic rings. The number of benzene rings is 1. The number of aromatic hydroxyl groups is 1. The van der Waals surface area contributed by atoms with E-state index in [1.54, 1.807) is 0 Å². The Morgan fingerprint density at radius 1 is 1.62 bits per heavy atom. The van der Waals surface area contributed by atoms with Crippen molar-refractivity contribution < 1.29 is 19.4 Å². The van der Waals surface area contributed by atoms with Gasteiger partial charge >= 0.3 is 5.97 Å². The van der Waals surface area contributed by atoms with Crippen molar-refractivity contribution in [2.45, 2.75) is 6.42 Å². The molecule has 1 aromatic carbocycles. The van der Waals surface area contributed by atoms with Gasteiger partial charge in [0.05, 0.1) is 18.4 Å². The van der Waals surface area contributed by atoms with Gasteiger partial charge < -0.3 is 14.7 Å². The van der Waals surface area contributed by atoms with Crippen molar-refractivity contribution in [3.63, 3.8) is 0 Å². The Bertz CT molecular complexity index is 625. The number of carbonyl (C=O) groups excluding carboxylic acids is 2. The van der Waals surface area contributed by atoms with E-state index in [2.05, 4.69) is 14.8 Å². The quantitative estimate of drug-likeness (QED) is 0.394. The van der Waals surface area contributed by atoms with Crippen molar-refractivity contribution in [2.24, 2.45) is 11.0 Å². The molecule has 1 aliphatic heterocycles. The summed E-state index contributed by atoms with van der Waals surface area (Å²) in [5.74, 6) is -0.972. The highest BCUT2D eigenvalue weighted by molar-refractivity contribution is 6.04. The average Bonchev–Trinajstić information content (AvgIpc) is 2.85. The maximum atomic E-state index is 12.1. The number of azide groups is 1. The minimum absolute atomic E-state index is 0.0866. The Morgan fingerprint density at radius 3 is 3.05 bits per heavy atom. The van der Waals surface area contributed by atoms with E-state index in [9.17, 15) is 14.7 Å². The van der Waals surface area contributed by atoms with E-state index in [1.807, 2.05) is 0 Å². The number of hydrogen-bond acceptors (Lipinski definition) is 5. The zero-order valence-corrected chi connectivity index (χ0v) is 11.4. The van der Waals surface area contributed by atoms with Crippen molar-refractivity contribution in [2.75, 3.05) is 25.1 Å². The summed E-state index contributed by atoms with van der Waals surface area (Å²) in [5.41, 5.74) is 8.83. The fraction of sp³-hybridized carbons (Fsp3) is 0.385. The topological polar surface area (TPSA) is 116 Å². The van der Waals surface area contributed by atoms with Crippen LogP contribution in [0.2, 0.25) is 0 Å². The first kappa shape index (κ1) is 14.7. The van der Waals surface area contributed by atoms with Gasteiger partial charge in [0, 0.05) is 24.4 Å². The highest BCUT2D eigenvalue weighted by Gasteiger charge is 2.32. The molecule has 0 radical (unpaired) electrons. The first-order valence-electron chi connectivity index (χ1n) is 6.29. The van der Waals surface area contributed by atoms with E-state index < -0.39 is 5.97 Å². The van der Waals surface area contributed by atoms with Gasteiger partial charge in [-0.25, -0.2) is 4.79 Å². The molecule has 1 amide bonds. The largest absolute Gasteiger partial charge is 0.508 e. The van der Waals surface area contributed by atoms with Gasteiger partial charge in [0.15, 0.2) is 0 Å². The summed E-state index contributed by atoms with van der Waals surface area (Å²) in [6.07, 6.45) is 0.251. The van der Waals surface area contributed by atoms with Crippen LogP contribution >= 0.6 is 0 Å². The number of rotatable bonds is 4. The summed E-state index contributed by atoms with van der Waals surface area (Å²) in [6.45, 7) is 0.580. The lowest BCUT2D eigenvalue weighted by Crippen LogP contribution is -2.27. The van der Waals surface area contributed by atoms with Gasteiger partial charge in [0.1, 0.15) is 5.75 Å². The van der Waals surface area contributed by atoms with Crippen molar-refractivity contribution in [1.82, 2.24) is 0 Å². The summed E-state index contributed by atoms with van der Waals surface area (Å²) in [7, 11) is 1.23. The van der Waals surface area contributed by atoms with E-state index >= 15 is 0 Å². The third-order valence-corrected chi connectivity index (χ3v) is 3.28. The molecular weight excluding hydrogens is 276 g/mol. The minimum atomic E-state index is -0.632. The van der Waals surface area contributed by atoms with Crippen LogP contribution in [0.3, 0.4) is 0 Å². The summed E-state index contributed by atoms with van der Waals surface area (Å²) in [5, 5.41) is 13.0. The molecule has 1 fully saturated rings. The van der Waals surface area contributed by atoms with Crippen LogP contribution in [0.25, 0.3) is 10.4 Å². The van der Waals surface area contributed by atoms with Gasteiger partial charge in [0.25, 0.3) is 0 Å². The number of phenols is 1. The molecule has 1 N–H and O–H groups in total. The van der Waals surface area contributed by atoms with E-state index in [4.69, 9.17) is 5.53 Å². The number of hydrogen-bond donors (Lipinski definition) is 1. The molecule has 1 heterocycles. The molecule has 0 bridgehead atoms. The SMILES string of the molecule is COC(=O)c1cc(O)ccc1N1CC(CN=[N+]=[N-])CC1=O. The molecule has 1 aliphatic rings. The van der Waals surface area contributed by atoms with Gasteiger partial charge in [-0.3, -0.25) is 4.79 Å². The molecule has 0 saturated carbocycles. The number of anilines is 1. The number of nitrogens with zero attached hydrogens (tertiary/aromatic N) is 4. The molecule has 8 heteroatoms. The van der Waals surface area contributed by atoms with Gasteiger partial charge in [-0.15, -0.1) is 0 Å². The smallest absolute Gasteiger partial charge is 0.340 e. The second kappa shape index (κ2) is 6.15. The fourth-order valence-electron chi connectivity index (χ4n) is 2.32. The molecule has 0 aliphatic carbocycles.